The van der Waals surface area contributed by atoms with Crippen molar-refractivity contribution in [2.24, 2.45) is 0 Å². The van der Waals surface area contributed by atoms with Gasteiger partial charge in [0.05, 0.1) is 0 Å². The number of hydrogen-bond donors (Lipinski definition) is 0. The van der Waals surface area contributed by atoms with Crippen LogP contribution in [0.25, 0.3) is 0 Å². The van der Waals surface area contributed by atoms with E-state index in [9.17, 15) is 0 Å². The summed E-state index contributed by atoms with van der Waals surface area (Å²) in [4.78, 5) is 0. The van der Waals surface area contributed by atoms with E-state index in [0.29, 0.717) is 12.5 Å². The molecule has 0 fully saturated rings. The van der Waals surface area contributed by atoms with Crippen LogP contribution in [0.5, 0.6) is 0 Å². The maximum Gasteiger partial charge on any atom is 0.156 e. The number of ether oxygens (including phenoxy) is 2. The Kier molecular flexibility index (Phi) is 5.11. The summed E-state index contributed by atoms with van der Waals surface area (Å²) in [6.45, 7) is 7.54. The van der Waals surface area contributed by atoms with Gasteiger partial charge in [0, 0.05) is 26.7 Å². The zero-order valence-electron chi connectivity index (χ0n) is 7.30. The van der Waals surface area contributed by atoms with Gasteiger partial charge in [-0.1, -0.05) is 11.4 Å². The van der Waals surface area contributed by atoms with Crippen LogP contribution in [0.3, 0.4) is 0 Å². The van der Waals surface area contributed by atoms with Gasteiger partial charge in [-0.25, -0.2) is 0 Å². The molecule has 0 aromatic carbocycles. The molecule has 0 bridgehead atoms. The number of rotatable bonds is 6. The predicted molar refractivity (Wildman–Crippen MR) is 49.9 cm³/mol. The van der Waals surface area contributed by atoms with Crippen molar-refractivity contribution in [1.82, 2.24) is 0 Å². The fraction of sp³-hybridized carbons (Fsp3) is 0.500. The average molecular weight is 172 g/mol. The monoisotopic (exact) mass is 172 g/mol. The molecule has 0 saturated heterocycles. The minimum absolute atomic E-state index is 0.702. The van der Waals surface area contributed by atoms with Gasteiger partial charge in [0.1, 0.15) is 0 Å². The maximum absolute atomic E-state index is 5.08. The summed E-state index contributed by atoms with van der Waals surface area (Å²) < 4.78 is 10.2. The van der Waals surface area contributed by atoms with E-state index in [1.807, 2.05) is 11.4 Å². The zero-order chi connectivity index (χ0) is 8.74. The molecule has 0 spiro atoms. The fourth-order valence-corrected chi connectivity index (χ4v) is 2.69. The van der Waals surface area contributed by atoms with Crippen LogP contribution in [0, 0.1) is 0 Å². The van der Waals surface area contributed by atoms with Gasteiger partial charge in [0.2, 0.25) is 0 Å². The minimum atomic E-state index is -1.66. The Balaban J connectivity index is 4.18. The Morgan fingerprint density at radius 3 is 1.64 bits per heavy atom. The van der Waals surface area contributed by atoms with E-state index in [4.69, 9.17) is 9.47 Å². The van der Waals surface area contributed by atoms with Crippen LogP contribution in [0.15, 0.2) is 24.6 Å². The van der Waals surface area contributed by atoms with Gasteiger partial charge in [-0.15, -0.1) is 13.2 Å². The molecule has 0 aromatic heterocycles. The summed E-state index contributed by atoms with van der Waals surface area (Å²) in [6, 6.07) is 0. The number of hydrogen-bond acceptors (Lipinski definition) is 2. The molecule has 0 rings (SSSR count). The SMILES string of the molecule is C=C[Si](C=C)(COC)COC. The van der Waals surface area contributed by atoms with E-state index in [2.05, 4.69) is 13.2 Å². The quantitative estimate of drug-likeness (QED) is 0.562. The van der Waals surface area contributed by atoms with Gasteiger partial charge in [-0.2, -0.15) is 0 Å². The topological polar surface area (TPSA) is 18.5 Å². The van der Waals surface area contributed by atoms with Crippen LogP contribution >= 0.6 is 0 Å². The van der Waals surface area contributed by atoms with Gasteiger partial charge in [0.25, 0.3) is 0 Å². The summed E-state index contributed by atoms with van der Waals surface area (Å²) in [7, 11) is 1.71. The second-order valence-electron chi connectivity index (χ2n) is 2.51. The molecule has 11 heavy (non-hydrogen) atoms. The van der Waals surface area contributed by atoms with Gasteiger partial charge in [0.15, 0.2) is 8.07 Å². The van der Waals surface area contributed by atoms with Crippen LogP contribution < -0.4 is 0 Å². The normalized spacial score (nSPS) is 11.1. The van der Waals surface area contributed by atoms with E-state index in [0.717, 1.165) is 0 Å². The molecule has 0 unspecified atom stereocenters. The molecule has 2 nitrogen and oxygen atoms in total. The minimum Gasteiger partial charge on any atom is -0.387 e. The Hall–Kier alpha value is -0.383. The molecule has 0 aromatic rings. The molecule has 0 N–H and O–H groups in total. The lowest BCUT2D eigenvalue weighted by Gasteiger charge is -2.21. The molecule has 0 heterocycles. The van der Waals surface area contributed by atoms with Crippen LogP contribution in [0.1, 0.15) is 0 Å². The van der Waals surface area contributed by atoms with Crippen molar-refractivity contribution in [3.63, 3.8) is 0 Å². The highest BCUT2D eigenvalue weighted by molar-refractivity contribution is 6.88. The van der Waals surface area contributed by atoms with Crippen LogP contribution in [0.2, 0.25) is 0 Å². The van der Waals surface area contributed by atoms with E-state index in [1.165, 1.54) is 0 Å². The van der Waals surface area contributed by atoms with E-state index >= 15 is 0 Å². The molecule has 0 aliphatic heterocycles. The Bertz CT molecular complexity index is 118. The van der Waals surface area contributed by atoms with Crippen LogP contribution in [-0.4, -0.2) is 34.8 Å². The molecule has 0 saturated carbocycles. The third kappa shape index (κ3) is 3.01. The molecule has 0 aliphatic carbocycles. The van der Waals surface area contributed by atoms with Gasteiger partial charge in [-0.05, 0) is 0 Å². The number of methoxy groups -OCH3 is 2. The van der Waals surface area contributed by atoms with Crippen molar-refractivity contribution in [2.75, 3.05) is 26.7 Å². The lowest BCUT2D eigenvalue weighted by atomic mass is 11.2. The summed E-state index contributed by atoms with van der Waals surface area (Å²) in [5, 5.41) is 0. The maximum atomic E-state index is 5.08. The van der Waals surface area contributed by atoms with E-state index in [1.54, 1.807) is 14.2 Å². The fourth-order valence-electron chi connectivity index (χ4n) is 0.898. The largest absolute Gasteiger partial charge is 0.387 e. The third-order valence-corrected chi connectivity index (χ3v) is 4.92. The highest BCUT2D eigenvalue weighted by Crippen LogP contribution is 2.06. The van der Waals surface area contributed by atoms with Crippen molar-refractivity contribution < 1.29 is 9.47 Å². The van der Waals surface area contributed by atoms with Crippen molar-refractivity contribution in [3.05, 3.63) is 24.6 Å². The third-order valence-electron chi connectivity index (χ3n) is 1.64. The lowest BCUT2D eigenvalue weighted by molar-refractivity contribution is 0.220. The second kappa shape index (κ2) is 5.29. The van der Waals surface area contributed by atoms with Crippen molar-refractivity contribution in [2.45, 2.75) is 0 Å². The Morgan fingerprint density at radius 2 is 1.45 bits per heavy atom. The zero-order valence-corrected chi connectivity index (χ0v) is 8.30. The summed E-state index contributed by atoms with van der Waals surface area (Å²) >= 11 is 0. The first kappa shape index (κ1) is 10.6. The Morgan fingerprint density at radius 1 is 1.09 bits per heavy atom. The summed E-state index contributed by atoms with van der Waals surface area (Å²) in [6.07, 6.45) is 1.40. The highest BCUT2D eigenvalue weighted by Gasteiger charge is 2.25. The molecule has 0 radical (unpaired) electrons. The van der Waals surface area contributed by atoms with Gasteiger partial charge in [-0.3, -0.25) is 0 Å². The lowest BCUT2D eigenvalue weighted by Crippen LogP contribution is -2.41. The molecule has 0 amide bonds. The molecule has 0 aliphatic rings. The van der Waals surface area contributed by atoms with Crippen LogP contribution in [-0.2, 0) is 9.47 Å². The summed E-state index contributed by atoms with van der Waals surface area (Å²) in [5.41, 5.74) is 3.88. The molecular formula is C8H16O2Si. The highest BCUT2D eigenvalue weighted by atomic mass is 28.3. The smallest absolute Gasteiger partial charge is 0.156 e. The van der Waals surface area contributed by atoms with Crippen molar-refractivity contribution >= 4 is 8.07 Å². The second-order valence-corrected chi connectivity index (χ2v) is 6.37. The van der Waals surface area contributed by atoms with Gasteiger partial charge < -0.3 is 9.47 Å². The van der Waals surface area contributed by atoms with E-state index < -0.39 is 8.07 Å². The first-order valence-electron chi connectivity index (χ1n) is 3.49. The van der Waals surface area contributed by atoms with E-state index in [-0.39, 0.29) is 0 Å². The van der Waals surface area contributed by atoms with Crippen molar-refractivity contribution in [3.8, 4) is 0 Å². The molecule has 3 heteroatoms. The Labute approximate surface area is 69.5 Å². The van der Waals surface area contributed by atoms with Gasteiger partial charge >= 0.3 is 0 Å². The predicted octanol–water partition coefficient (Wildman–Crippen LogP) is 1.26. The van der Waals surface area contributed by atoms with Crippen LogP contribution in [0.4, 0.5) is 0 Å². The molecule has 64 valence electrons. The first-order chi connectivity index (χ1) is 5.24. The molecular weight excluding hydrogens is 156 g/mol. The first-order valence-corrected chi connectivity index (χ1v) is 6.06. The summed E-state index contributed by atoms with van der Waals surface area (Å²) in [5.74, 6) is 0. The molecule has 0 atom stereocenters. The average Bonchev–Trinajstić information content (AvgIpc) is 2.04. The standard InChI is InChI=1S/C8H16O2Si/c1-5-11(6-2,7-9-3)8-10-4/h5-6H,1-2,7-8H2,3-4H3. The van der Waals surface area contributed by atoms with Crippen molar-refractivity contribution in [1.29, 1.82) is 0 Å².